The number of piperidine rings is 1. The number of halogens is 1. The van der Waals surface area contributed by atoms with Gasteiger partial charge in [0.15, 0.2) is 0 Å². The Morgan fingerprint density at radius 3 is 2.71 bits per heavy atom. The molecule has 1 saturated carbocycles. The number of amides is 1. The highest BCUT2D eigenvalue weighted by molar-refractivity contribution is 9.10. The molecule has 0 unspecified atom stereocenters. The predicted molar refractivity (Wildman–Crippen MR) is 96.8 cm³/mol. The molecule has 1 aliphatic carbocycles. The third-order valence-electron chi connectivity index (χ3n) is 5.66. The fourth-order valence-corrected chi connectivity index (χ4v) is 4.19. The molecule has 3 fully saturated rings. The van der Waals surface area contributed by atoms with Crippen molar-refractivity contribution in [3.63, 3.8) is 0 Å². The van der Waals surface area contributed by atoms with Gasteiger partial charge in [-0.25, -0.2) is 0 Å². The monoisotopic (exact) mass is 392 g/mol. The summed E-state index contributed by atoms with van der Waals surface area (Å²) in [5.74, 6) is 0.191. The molecule has 4 nitrogen and oxygen atoms in total. The van der Waals surface area contributed by atoms with Crippen LogP contribution in [0.4, 0.5) is 0 Å². The quantitative estimate of drug-likeness (QED) is 0.791. The van der Waals surface area contributed by atoms with Crippen LogP contribution in [-0.4, -0.2) is 53.6 Å². The van der Waals surface area contributed by atoms with E-state index in [0.717, 1.165) is 39.0 Å². The predicted octanol–water partition coefficient (Wildman–Crippen LogP) is 3.11. The van der Waals surface area contributed by atoms with Crippen LogP contribution in [0.1, 0.15) is 36.8 Å². The summed E-state index contributed by atoms with van der Waals surface area (Å²) in [7, 11) is 0. The summed E-state index contributed by atoms with van der Waals surface area (Å²) >= 11 is 3.57. The van der Waals surface area contributed by atoms with E-state index in [1.54, 1.807) is 0 Å². The molecule has 1 aromatic rings. The molecule has 1 spiro atoms. The SMILES string of the molecule is Cc1cc(CN2CCC3(CC2)CN(C2CC2)C(=O)CO3)ccc1Br. The lowest BCUT2D eigenvalue weighted by Gasteiger charge is -2.47. The number of aryl methyl sites for hydroxylation is 1. The number of hydrogen-bond donors (Lipinski definition) is 0. The summed E-state index contributed by atoms with van der Waals surface area (Å²) in [5.41, 5.74) is 2.56. The molecule has 0 aromatic heterocycles. The normalized spacial score (nSPS) is 24.6. The average molecular weight is 393 g/mol. The molecule has 0 radical (unpaired) electrons. The number of carbonyl (C=O) groups is 1. The van der Waals surface area contributed by atoms with Crippen LogP contribution < -0.4 is 0 Å². The summed E-state index contributed by atoms with van der Waals surface area (Å²) < 4.78 is 7.21. The number of nitrogens with zero attached hydrogens (tertiary/aromatic N) is 2. The van der Waals surface area contributed by atoms with Crippen molar-refractivity contribution < 1.29 is 9.53 Å². The van der Waals surface area contributed by atoms with E-state index in [1.165, 1.54) is 28.4 Å². The lowest BCUT2D eigenvalue weighted by Crippen LogP contribution is -2.59. The Kier molecular flexibility index (Phi) is 4.43. The molecule has 4 rings (SSSR count). The van der Waals surface area contributed by atoms with Crippen molar-refractivity contribution in [2.75, 3.05) is 26.2 Å². The second-order valence-electron chi connectivity index (χ2n) is 7.58. The Balaban J connectivity index is 1.36. The Morgan fingerprint density at radius 2 is 2.04 bits per heavy atom. The van der Waals surface area contributed by atoms with Crippen LogP contribution >= 0.6 is 15.9 Å². The maximum Gasteiger partial charge on any atom is 0.248 e. The summed E-state index contributed by atoms with van der Waals surface area (Å²) in [4.78, 5) is 16.7. The van der Waals surface area contributed by atoms with Gasteiger partial charge in [0, 0.05) is 30.1 Å². The molecule has 1 aromatic carbocycles. The molecule has 2 aliphatic heterocycles. The van der Waals surface area contributed by atoms with Crippen molar-refractivity contribution in [3.05, 3.63) is 33.8 Å². The molecule has 2 heterocycles. The van der Waals surface area contributed by atoms with Crippen LogP contribution in [0.15, 0.2) is 22.7 Å². The Labute approximate surface area is 152 Å². The maximum atomic E-state index is 12.1. The maximum absolute atomic E-state index is 12.1. The van der Waals surface area contributed by atoms with E-state index in [9.17, 15) is 4.79 Å². The first-order chi connectivity index (χ1) is 11.5. The molecule has 3 aliphatic rings. The van der Waals surface area contributed by atoms with Gasteiger partial charge in [-0.15, -0.1) is 0 Å². The van der Waals surface area contributed by atoms with E-state index < -0.39 is 0 Å². The first-order valence-corrected chi connectivity index (χ1v) is 9.75. The van der Waals surface area contributed by atoms with Crippen LogP contribution in [0.2, 0.25) is 0 Å². The van der Waals surface area contributed by atoms with Crippen LogP contribution in [0.25, 0.3) is 0 Å². The Morgan fingerprint density at radius 1 is 1.29 bits per heavy atom. The van der Waals surface area contributed by atoms with E-state index in [2.05, 4.69) is 50.9 Å². The van der Waals surface area contributed by atoms with Crippen molar-refractivity contribution in [3.8, 4) is 0 Å². The molecule has 5 heteroatoms. The topological polar surface area (TPSA) is 32.8 Å². The highest BCUT2D eigenvalue weighted by Gasteiger charge is 2.46. The van der Waals surface area contributed by atoms with E-state index in [4.69, 9.17) is 4.74 Å². The molecule has 24 heavy (non-hydrogen) atoms. The Bertz CT molecular complexity index is 636. The van der Waals surface area contributed by atoms with Gasteiger partial charge in [-0.1, -0.05) is 28.1 Å². The lowest BCUT2D eigenvalue weighted by molar-refractivity contribution is -0.172. The first kappa shape index (κ1) is 16.6. The highest BCUT2D eigenvalue weighted by atomic mass is 79.9. The third-order valence-corrected chi connectivity index (χ3v) is 6.55. The molecule has 0 atom stereocenters. The van der Waals surface area contributed by atoms with Gasteiger partial charge in [-0.3, -0.25) is 9.69 Å². The fourth-order valence-electron chi connectivity index (χ4n) is 3.95. The van der Waals surface area contributed by atoms with Gasteiger partial charge >= 0.3 is 0 Å². The molecular formula is C19H25BrN2O2. The van der Waals surface area contributed by atoms with Crippen LogP contribution in [0.5, 0.6) is 0 Å². The van der Waals surface area contributed by atoms with Crippen molar-refractivity contribution in [2.45, 2.75) is 50.8 Å². The van der Waals surface area contributed by atoms with Crippen molar-refractivity contribution in [2.24, 2.45) is 0 Å². The number of likely N-dealkylation sites (tertiary alicyclic amines) is 1. The molecule has 0 bridgehead atoms. The minimum Gasteiger partial charge on any atom is -0.363 e. The summed E-state index contributed by atoms with van der Waals surface area (Å²) in [6, 6.07) is 7.10. The minimum atomic E-state index is -0.0946. The van der Waals surface area contributed by atoms with Crippen LogP contribution in [0, 0.1) is 6.92 Å². The number of rotatable bonds is 3. The lowest BCUT2D eigenvalue weighted by atomic mass is 9.89. The molecular weight excluding hydrogens is 368 g/mol. The fraction of sp³-hybridized carbons (Fsp3) is 0.632. The van der Waals surface area contributed by atoms with Crippen molar-refractivity contribution in [1.29, 1.82) is 0 Å². The zero-order valence-corrected chi connectivity index (χ0v) is 15.8. The zero-order valence-electron chi connectivity index (χ0n) is 14.3. The minimum absolute atomic E-state index is 0.0946. The summed E-state index contributed by atoms with van der Waals surface area (Å²) in [6.45, 7) is 6.31. The summed E-state index contributed by atoms with van der Waals surface area (Å²) in [6.07, 6.45) is 4.41. The van der Waals surface area contributed by atoms with Crippen molar-refractivity contribution >= 4 is 21.8 Å². The summed E-state index contributed by atoms with van der Waals surface area (Å²) in [5, 5.41) is 0. The van der Waals surface area contributed by atoms with E-state index in [1.807, 2.05) is 0 Å². The zero-order chi connectivity index (χ0) is 16.7. The van der Waals surface area contributed by atoms with E-state index in [-0.39, 0.29) is 18.1 Å². The number of hydrogen-bond acceptors (Lipinski definition) is 3. The number of ether oxygens (including phenoxy) is 1. The van der Waals surface area contributed by atoms with Gasteiger partial charge in [-0.2, -0.15) is 0 Å². The van der Waals surface area contributed by atoms with E-state index >= 15 is 0 Å². The molecule has 2 saturated heterocycles. The second-order valence-corrected chi connectivity index (χ2v) is 8.44. The van der Waals surface area contributed by atoms with Crippen molar-refractivity contribution in [1.82, 2.24) is 9.80 Å². The molecule has 1 amide bonds. The van der Waals surface area contributed by atoms with Gasteiger partial charge in [0.25, 0.3) is 0 Å². The standard InChI is InChI=1S/C19H25BrN2O2/c1-14-10-15(2-5-17(14)20)11-21-8-6-19(7-9-21)13-22(16-3-4-16)18(23)12-24-19/h2,5,10,16H,3-4,6-9,11-13H2,1H3. The third kappa shape index (κ3) is 3.39. The largest absolute Gasteiger partial charge is 0.363 e. The highest BCUT2D eigenvalue weighted by Crippen LogP contribution is 2.36. The smallest absolute Gasteiger partial charge is 0.248 e. The molecule has 0 N–H and O–H groups in total. The van der Waals surface area contributed by atoms with Gasteiger partial charge in [0.2, 0.25) is 5.91 Å². The first-order valence-electron chi connectivity index (χ1n) is 8.95. The van der Waals surface area contributed by atoms with Gasteiger partial charge < -0.3 is 9.64 Å². The van der Waals surface area contributed by atoms with Gasteiger partial charge in [0.05, 0.1) is 12.1 Å². The van der Waals surface area contributed by atoms with Crippen LogP contribution in [0.3, 0.4) is 0 Å². The second kappa shape index (κ2) is 6.43. The van der Waals surface area contributed by atoms with Crippen LogP contribution in [-0.2, 0) is 16.1 Å². The van der Waals surface area contributed by atoms with Gasteiger partial charge in [0.1, 0.15) is 6.61 Å². The number of benzene rings is 1. The number of morpholine rings is 1. The Hall–Kier alpha value is -0.910. The molecule has 130 valence electrons. The average Bonchev–Trinajstić information content (AvgIpc) is 3.41. The van der Waals surface area contributed by atoms with Gasteiger partial charge in [-0.05, 0) is 49.8 Å². The van der Waals surface area contributed by atoms with E-state index in [0.29, 0.717) is 6.04 Å². The number of carbonyl (C=O) groups excluding carboxylic acids is 1.